The molecule has 1 aliphatic heterocycles. The molecule has 0 saturated carbocycles. The minimum absolute atomic E-state index is 0. The van der Waals surface area contributed by atoms with Gasteiger partial charge >= 0.3 is 0 Å². The maximum atomic E-state index is 12.7. The van der Waals surface area contributed by atoms with Gasteiger partial charge in [-0.15, -0.1) is 12.4 Å². The summed E-state index contributed by atoms with van der Waals surface area (Å²) < 4.78 is 23.2. The monoisotopic (exact) mass is 382 g/mol. The first kappa shape index (κ1) is 19.7. The van der Waals surface area contributed by atoms with E-state index in [0.29, 0.717) is 32.5 Å². The molecule has 2 aromatic rings. The molecule has 1 heterocycles. The first-order chi connectivity index (χ1) is 11.4. The third-order valence-corrected chi connectivity index (χ3v) is 6.81. The van der Waals surface area contributed by atoms with E-state index >= 15 is 0 Å². The minimum atomic E-state index is -3.48. The molecule has 1 aliphatic rings. The molecule has 0 unspecified atom stereocenters. The van der Waals surface area contributed by atoms with Crippen molar-refractivity contribution < 1.29 is 13.2 Å². The van der Waals surface area contributed by atoms with E-state index in [1.54, 1.807) is 0 Å². The van der Waals surface area contributed by atoms with Gasteiger partial charge in [-0.2, -0.15) is 0 Å². The Hall–Kier alpha value is -1.63. The Bertz CT molecular complexity index is 862. The lowest BCUT2D eigenvalue weighted by Gasteiger charge is -2.34. The highest BCUT2D eigenvalue weighted by atomic mass is 35.5. The van der Waals surface area contributed by atoms with Crippen LogP contribution in [0.4, 0.5) is 0 Å². The normalized spacial score (nSPS) is 16.8. The van der Waals surface area contributed by atoms with Crippen molar-refractivity contribution in [1.29, 1.82) is 0 Å². The van der Waals surface area contributed by atoms with Crippen LogP contribution in [0, 0.1) is 0 Å². The summed E-state index contributed by atoms with van der Waals surface area (Å²) in [5.41, 5.74) is 0.958. The molecule has 3 rings (SSSR count). The third kappa shape index (κ3) is 3.97. The Kier molecular flexibility index (Phi) is 6.08. The second-order valence-electron chi connectivity index (χ2n) is 6.38. The van der Waals surface area contributed by atoms with E-state index in [2.05, 4.69) is 10.6 Å². The van der Waals surface area contributed by atoms with Crippen LogP contribution in [0.5, 0.6) is 0 Å². The van der Waals surface area contributed by atoms with E-state index in [-0.39, 0.29) is 18.3 Å². The van der Waals surface area contributed by atoms with Gasteiger partial charge < -0.3 is 10.6 Å². The molecule has 1 saturated heterocycles. The molecular formula is C18H23ClN2O3S. The van der Waals surface area contributed by atoms with Crippen LogP contribution < -0.4 is 10.6 Å². The lowest BCUT2D eigenvalue weighted by Crippen LogP contribution is -2.57. The number of hydrogen-bond donors (Lipinski definition) is 2. The molecule has 0 spiro atoms. The van der Waals surface area contributed by atoms with Gasteiger partial charge in [-0.3, -0.25) is 4.79 Å². The minimum Gasteiger partial charge on any atom is -0.351 e. The summed E-state index contributed by atoms with van der Waals surface area (Å²) in [7, 11) is -3.48. The predicted molar refractivity (Wildman–Crippen MR) is 103 cm³/mol. The smallest absolute Gasteiger partial charge is 0.241 e. The van der Waals surface area contributed by atoms with Crippen molar-refractivity contribution in [1.82, 2.24) is 10.6 Å². The molecule has 0 bridgehead atoms. The van der Waals surface area contributed by atoms with Crippen LogP contribution in [0.2, 0.25) is 0 Å². The van der Waals surface area contributed by atoms with Crippen LogP contribution in [0.1, 0.15) is 18.4 Å². The zero-order chi connectivity index (χ0) is 17.2. The number of piperidine rings is 1. The zero-order valence-corrected chi connectivity index (χ0v) is 15.8. The van der Waals surface area contributed by atoms with Gasteiger partial charge in [0, 0.05) is 12.8 Å². The van der Waals surface area contributed by atoms with E-state index in [1.165, 1.54) is 0 Å². The summed E-state index contributed by atoms with van der Waals surface area (Å²) in [6.07, 6.45) is 1.79. The lowest BCUT2D eigenvalue weighted by molar-refractivity contribution is -0.124. The fourth-order valence-corrected chi connectivity index (χ4v) is 4.64. The molecule has 5 nitrogen and oxygen atoms in total. The highest BCUT2D eigenvalue weighted by Crippen LogP contribution is 2.28. The van der Waals surface area contributed by atoms with Crippen LogP contribution in [-0.4, -0.2) is 38.4 Å². The molecule has 1 fully saturated rings. The molecule has 25 heavy (non-hydrogen) atoms. The number of nitrogens with one attached hydrogen (secondary N) is 2. The van der Waals surface area contributed by atoms with E-state index in [0.717, 1.165) is 22.6 Å². The number of amides is 1. The van der Waals surface area contributed by atoms with Crippen molar-refractivity contribution in [3.63, 3.8) is 0 Å². The van der Waals surface area contributed by atoms with Gasteiger partial charge in [0.1, 0.15) is 0 Å². The fraction of sp³-hybridized carbons (Fsp3) is 0.389. The number of fused-ring (bicyclic) bond motifs is 1. The molecule has 0 radical (unpaired) electrons. The Morgan fingerprint density at radius 2 is 1.76 bits per heavy atom. The number of carbonyl (C=O) groups excluding carboxylic acids is 1. The van der Waals surface area contributed by atoms with Crippen LogP contribution in [0.25, 0.3) is 10.8 Å². The first-order valence-electron chi connectivity index (χ1n) is 8.09. The largest absolute Gasteiger partial charge is 0.351 e. The van der Waals surface area contributed by atoms with E-state index in [1.807, 2.05) is 42.5 Å². The van der Waals surface area contributed by atoms with Crippen molar-refractivity contribution in [3.05, 3.63) is 48.0 Å². The Morgan fingerprint density at radius 3 is 2.40 bits per heavy atom. The summed E-state index contributed by atoms with van der Waals surface area (Å²) in [4.78, 5) is 12.7. The quantitative estimate of drug-likeness (QED) is 0.848. The molecule has 0 atom stereocenters. The predicted octanol–water partition coefficient (Wildman–Crippen LogP) is 2.04. The summed E-state index contributed by atoms with van der Waals surface area (Å²) in [6, 6.07) is 14.0. The standard InChI is InChI=1S/C18H22N2O3S.ClH/c1-24(22,23)18(8-10-19-11-9-18)17(21)20-13-14-6-7-15-4-2-3-5-16(15)12-14;/h2-7,12,19H,8-11,13H2,1H3,(H,20,21);1H. The summed E-state index contributed by atoms with van der Waals surface area (Å²) >= 11 is 0. The van der Waals surface area contributed by atoms with Crippen LogP contribution >= 0.6 is 12.4 Å². The van der Waals surface area contributed by atoms with Crippen molar-refractivity contribution in [2.45, 2.75) is 24.1 Å². The van der Waals surface area contributed by atoms with Crippen molar-refractivity contribution in [2.24, 2.45) is 0 Å². The molecule has 1 amide bonds. The van der Waals surface area contributed by atoms with Crippen molar-refractivity contribution in [3.8, 4) is 0 Å². The topological polar surface area (TPSA) is 75.3 Å². The molecule has 7 heteroatoms. The Labute approximate surface area is 154 Å². The fourth-order valence-electron chi connectivity index (χ4n) is 3.29. The van der Waals surface area contributed by atoms with E-state index < -0.39 is 14.6 Å². The van der Waals surface area contributed by atoms with Gasteiger partial charge in [0.05, 0.1) is 0 Å². The molecule has 0 aromatic heterocycles. The number of benzene rings is 2. The number of carbonyl (C=O) groups is 1. The average Bonchev–Trinajstić information content (AvgIpc) is 2.59. The molecule has 0 aliphatic carbocycles. The van der Waals surface area contributed by atoms with Crippen LogP contribution in [0.3, 0.4) is 0 Å². The molecule has 136 valence electrons. The Morgan fingerprint density at radius 1 is 1.12 bits per heavy atom. The van der Waals surface area contributed by atoms with Gasteiger partial charge in [0.25, 0.3) is 0 Å². The SMILES string of the molecule is CS(=O)(=O)C1(C(=O)NCc2ccc3ccccc3c2)CCNCC1.Cl. The summed E-state index contributed by atoms with van der Waals surface area (Å²) in [6.45, 7) is 1.40. The number of rotatable bonds is 4. The van der Waals surface area contributed by atoms with Gasteiger partial charge in [0.2, 0.25) is 5.91 Å². The molecule has 2 aromatic carbocycles. The Balaban J connectivity index is 0.00000225. The van der Waals surface area contributed by atoms with Gasteiger partial charge in [-0.05, 0) is 48.3 Å². The maximum Gasteiger partial charge on any atom is 0.241 e. The van der Waals surface area contributed by atoms with Gasteiger partial charge in [0.15, 0.2) is 14.6 Å². The summed E-state index contributed by atoms with van der Waals surface area (Å²) in [5, 5.41) is 8.19. The summed E-state index contributed by atoms with van der Waals surface area (Å²) in [5.74, 6) is -0.389. The first-order valence-corrected chi connectivity index (χ1v) is 9.98. The van der Waals surface area contributed by atoms with Gasteiger partial charge in [-0.1, -0.05) is 36.4 Å². The van der Waals surface area contributed by atoms with Crippen LogP contribution in [-0.2, 0) is 21.2 Å². The highest BCUT2D eigenvalue weighted by molar-refractivity contribution is 7.92. The average molecular weight is 383 g/mol. The second-order valence-corrected chi connectivity index (χ2v) is 8.71. The van der Waals surface area contributed by atoms with E-state index in [4.69, 9.17) is 0 Å². The van der Waals surface area contributed by atoms with E-state index in [9.17, 15) is 13.2 Å². The lowest BCUT2D eigenvalue weighted by atomic mass is 9.95. The zero-order valence-electron chi connectivity index (χ0n) is 14.1. The molecule has 2 N–H and O–H groups in total. The van der Waals surface area contributed by atoms with Gasteiger partial charge in [-0.25, -0.2) is 8.42 Å². The highest BCUT2D eigenvalue weighted by Gasteiger charge is 2.48. The number of sulfone groups is 1. The number of hydrogen-bond acceptors (Lipinski definition) is 4. The maximum absolute atomic E-state index is 12.7. The molecular weight excluding hydrogens is 360 g/mol. The second kappa shape index (κ2) is 7.72. The number of halogens is 1. The van der Waals surface area contributed by atoms with Crippen LogP contribution in [0.15, 0.2) is 42.5 Å². The van der Waals surface area contributed by atoms with Crippen molar-refractivity contribution in [2.75, 3.05) is 19.3 Å². The third-order valence-electron chi connectivity index (χ3n) is 4.80. The van der Waals surface area contributed by atoms with Crippen molar-refractivity contribution >= 4 is 38.9 Å².